The minimum absolute atomic E-state index is 0.0186. The lowest BCUT2D eigenvalue weighted by atomic mass is 10.00. The third-order valence-electron chi connectivity index (χ3n) is 5.10. The van der Waals surface area contributed by atoms with Gasteiger partial charge in [0.05, 0.1) is 30.6 Å². The molecule has 25 heavy (non-hydrogen) atoms. The fourth-order valence-electron chi connectivity index (χ4n) is 3.68. The number of fused-ring (bicyclic) bond motifs is 3. The Hall–Kier alpha value is -2.48. The molecule has 132 valence electrons. The van der Waals surface area contributed by atoms with Crippen molar-refractivity contribution in [1.29, 1.82) is 0 Å². The monoisotopic (exact) mass is 343 g/mol. The average Bonchev–Trinajstić information content (AvgIpc) is 3.10. The van der Waals surface area contributed by atoms with E-state index in [1.54, 1.807) is 16.8 Å². The maximum atomic E-state index is 12.6. The molecule has 0 aromatic carbocycles. The molecule has 0 aliphatic carbocycles. The number of piperidine rings is 1. The van der Waals surface area contributed by atoms with Crippen molar-refractivity contribution in [2.45, 2.75) is 45.1 Å². The number of pyridine rings is 1. The van der Waals surface area contributed by atoms with E-state index in [0.717, 1.165) is 17.8 Å². The van der Waals surface area contributed by atoms with Crippen LogP contribution in [0.25, 0.3) is 0 Å². The van der Waals surface area contributed by atoms with E-state index >= 15 is 0 Å². The molecule has 0 radical (unpaired) electrons. The van der Waals surface area contributed by atoms with E-state index in [-0.39, 0.29) is 23.6 Å². The molecule has 0 bridgehead atoms. The normalized spacial score (nSPS) is 22.4. The molecule has 0 N–H and O–H groups in total. The highest BCUT2D eigenvalue weighted by atomic mass is 16.5. The lowest BCUT2D eigenvalue weighted by Gasteiger charge is -2.41. The van der Waals surface area contributed by atoms with E-state index in [0.29, 0.717) is 32.7 Å². The predicted octanol–water partition coefficient (Wildman–Crippen LogP) is 0.511. The van der Waals surface area contributed by atoms with Crippen LogP contribution < -0.4 is 5.56 Å². The lowest BCUT2D eigenvalue weighted by Crippen LogP contribution is -2.50. The Balaban J connectivity index is 1.43. The standard InChI is InChI=1S/C17H21N5O3/c1-12-3-2-4-17(24)21(12)8-6-16(23)20-7-5-15-14(10-20)22-13(11-25-15)9-18-19-22/h2-4,9,14-15H,5-8,10-11H2,1H3/t14-,15+/m0/s1. The van der Waals surface area contributed by atoms with Crippen molar-refractivity contribution in [2.24, 2.45) is 0 Å². The molecule has 8 heteroatoms. The second-order valence-corrected chi connectivity index (χ2v) is 6.62. The second-order valence-electron chi connectivity index (χ2n) is 6.62. The Bertz CT molecular complexity index is 843. The Morgan fingerprint density at radius 2 is 2.28 bits per heavy atom. The molecule has 2 aromatic rings. The van der Waals surface area contributed by atoms with Crippen molar-refractivity contribution in [3.05, 3.63) is 46.1 Å². The van der Waals surface area contributed by atoms with Gasteiger partial charge in [-0.25, -0.2) is 4.68 Å². The van der Waals surface area contributed by atoms with E-state index in [9.17, 15) is 9.59 Å². The Morgan fingerprint density at radius 1 is 1.40 bits per heavy atom. The van der Waals surface area contributed by atoms with E-state index in [1.165, 1.54) is 6.07 Å². The number of aromatic nitrogens is 4. The van der Waals surface area contributed by atoms with Gasteiger partial charge in [0.2, 0.25) is 5.91 Å². The summed E-state index contributed by atoms with van der Waals surface area (Å²) in [6.45, 7) is 4.05. The average molecular weight is 343 g/mol. The van der Waals surface area contributed by atoms with Crippen LogP contribution in [-0.2, 0) is 22.7 Å². The largest absolute Gasteiger partial charge is 0.370 e. The number of aryl methyl sites for hydroxylation is 1. The molecule has 4 heterocycles. The third-order valence-corrected chi connectivity index (χ3v) is 5.10. The molecule has 1 fully saturated rings. The first kappa shape index (κ1) is 16.0. The Labute approximate surface area is 145 Å². The zero-order valence-electron chi connectivity index (χ0n) is 14.2. The van der Waals surface area contributed by atoms with Gasteiger partial charge in [0, 0.05) is 37.8 Å². The summed E-state index contributed by atoms with van der Waals surface area (Å²) in [7, 11) is 0. The summed E-state index contributed by atoms with van der Waals surface area (Å²) in [5.74, 6) is 0.0563. The number of hydrogen-bond acceptors (Lipinski definition) is 5. The number of nitrogens with zero attached hydrogens (tertiary/aromatic N) is 5. The summed E-state index contributed by atoms with van der Waals surface area (Å²) in [5, 5.41) is 8.11. The van der Waals surface area contributed by atoms with E-state index < -0.39 is 0 Å². The van der Waals surface area contributed by atoms with Crippen molar-refractivity contribution in [3.8, 4) is 0 Å². The summed E-state index contributed by atoms with van der Waals surface area (Å²) in [4.78, 5) is 26.4. The first-order chi connectivity index (χ1) is 12.1. The molecule has 2 aliphatic rings. The molecule has 0 spiro atoms. The molecule has 2 aromatic heterocycles. The molecule has 0 saturated carbocycles. The Morgan fingerprint density at radius 3 is 3.12 bits per heavy atom. The van der Waals surface area contributed by atoms with Gasteiger partial charge in [-0.2, -0.15) is 0 Å². The number of likely N-dealkylation sites (tertiary alicyclic amines) is 1. The van der Waals surface area contributed by atoms with Crippen LogP contribution >= 0.6 is 0 Å². The smallest absolute Gasteiger partial charge is 0.250 e. The first-order valence-corrected chi connectivity index (χ1v) is 8.58. The minimum atomic E-state index is -0.0700. The SMILES string of the molecule is Cc1cccc(=O)n1CCC(=O)N1CC[C@H]2OCc3cnnn3[C@H]2C1. The van der Waals surface area contributed by atoms with Gasteiger partial charge in [0.15, 0.2) is 0 Å². The highest BCUT2D eigenvalue weighted by molar-refractivity contribution is 5.76. The molecule has 1 amide bonds. The van der Waals surface area contributed by atoms with Crippen molar-refractivity contribution < 1.29 is 9.53 Å². The maximum absolute atomic E-state index is 12.6. The van der Waals surface area contributed by atoms with Crippen LogP contribution in [0.1, 0.15) is 30.3 Å². The Kier molecular flexibility index (Phi) is 4.12. The van der Waals surface area contributed by atoms with Crippen LogP contribution in [0.15, 0.2) is 29.2 Å². The van der Waals surface area contributed by atoms with Crippen molar-refractivity contribution in [3.63, 3.8) is 0 Å². The predicted molar refractivity (Wildman–Crippen MR) is 88.9 cm³/mol. The number of hydrogen-bond donors (Lipinski definition) is 0. The summed E-state index contributed by atoms with van der Waals surface area (Å²) >= 11 is 0. The third kappa shape index (κ3) is 2.97. The zero-order valence-corrected chi connectivity index (χ0v) is 14.2. The molecule has 0 unspecified atom stereocenters. The van der Waals surface area contributed by atoms with E-state index in [1.807, 2.05) is 22.6 Å². The number of carbonyl (C=O) groups excluding carboxylic acids is 1. The van der Waals surface area contributed by atoms with Crippen LogP contribution in [-0.4, -0.2) is 49.6 Å². The fraction of sp³-hybridized carbons (Fsp3) is 0.529. The van der Waals surface area contributed by atoms with Crippen LogP contribution in [0, 0.1) is 6.92 Å². The number of rotatable bonds is 3. The molecular formula is C17H21N5O3. The van der Waals surface area contributed by atoms with Gasteiger partial charge in [0.25, 0.3) is 5.56 Å². The van der Waals surface area contributed by atoms with Gasteiger partial charge in [-0.3, -0.25) is 9.59 Å². The second kappa shape index (κ2) is 6.44. The molecule has 8 nitrogen and oxygen atoms in total. The van der Waals surface area contributed by atoms with Gasteiger partial charge in [0.1, 0.15) is 0 Å². The summed E-state index contributed by atoms with van der Waals surface area (Å²) < 4.78 is 9.40. The number of ether oxygens (including phenoxy) is 1. The van der Waals surface area contributed by atoms with Crippen LogP contribution in [0.4, 0.5) is 0 Å². The van der Waals surface area contributed by atoms with Gasteiger partial charge < -0.3 is 14.2 Å². The van der Waals surface area contributed by atoms with E-state index in [2.05, 4.69) is 10.3 Å². The molecule has 1 saturated heterocycles. The summed E-state index contributed by atoms with van der Waals surface area (Å²) in [5.41, 5.74) is 1.74. The van der Waals surface area contributed by atoms with Gasteiger partial charge in [-0.1, -0.05) is 11.3 Å². The number of carbonyl (C=O) groups is 1. The van der Waals surface area contributed by atoms with Crippen molar-refractivity contribution in [1.82, 2.24) is 24.5 Å². The van der Waals surface area contributed by atoms with Gasteiger partial charge >= 0.3 is 0 Å². The zero-order chi connectivity index (χ0) is 17.4. The first-order valence-electron chi connectivity index (χ1n) is 8.58. The van der Waals surface area contributed by atoms with Crippen LogP contribution in [0.3, 0.4) is 0 Å². The van der Waals surface area contributed by atoms with E-state index in [4.69, 9.17) is 4.74 Å². The number of amides is 1. The van der Waals surface area contributed by atoms with Crippen LogP contribution in [0.5, 0.6) is 0 Å². The quantitative estimate of drug-likeness (QED) is 0.811. The maximum Gasteiger partial charge on any atom is 0.250 e. The van der Waals surface area contributed by atoms with Crippen LogP contribution in [0.2, 0.25) is 0 Å². The molecular weight excluding hydrogens is 322 g/mol. The topological polar surface area (TPSA) is 82.2 Å². The summed E-state index contributed by atoms with van der Waals surface area (Å²) in [6.07, 6.45) is 2.90. The van der Waals surface area contributed by atoms with Crippen molar-refractivity contribution in [2.75, 3.05) is 13.1 Å². The van der Waals surface area contributed by atoms with Crippen molar-refractivity contribution >= 4 is 5.91 Å². The highest BCUT2D eigenvalue weighted by Gasteiger charge is 2.37. The highest BCUT2D eigenvalue weighted by Crippen LogP contribution is 2.30. The molecule has 2 atom stereocenters. The minimum Gasteiger partial charge on any atom is -0.370 e. The molecule has 2 aliphatic heterocycles. The van der Waals surface area contributed by atoms with Gasteiger partial charge in [-0.05, 0) is 19.4 Å². The lowest BCUT2D eigenvalue weighted by molar-refractivity contribution is -0.138. The summed E-state index contributed by atoms with van der Waals surface area (Å²) in [6, 6.07) is 5.15. The van der Waals surface area contributed by atoms with Gasteiger partial charge in [-0.15, -0.1) is 5.10 Å². The molecule has 4 rings (SSSR count). The fourth-order valence-corrected chi connectivity index (χ4v) is 3.68.